The predicted molar refractivity (Wildman–Crippen MR) is 92.3 cm³/mol. The van der Waals surface area contributed by atoms with Crippen molar-refractivity contribution in [2.45, 2.75) is 19.4 Å². The van der Waals surface area contributed by atoms with E-state index >= 15 is 0 Å². The van der Waals surface area contributed by atoms with E-state index in [4.69, 9.17) is 4.42 Å². The van der Waals surface area contributed by atoms with Crippen molar-refractivity contribution in [2.24, 2.45) is 0 Å². The lowest BCUT2D eigenvalue weighted by Crippen LogP contribution is -2.53. The van der Waals surface area contributed by atoms with Crippen molar-refractivity contribution in [3.05, 3.63) is 75.6 Å². The molecule has 4 rings (SSSR count). The first-order valence-corrected chi connectivity index (χ1v) is 7.72. The Bertz CT molecular complexity index is 1020. The smallest absolute Gasteiger partial charge is 0.344 e. The molecule has 5 nitrogen and oxygen atoms in total. The summed E-state index contributed by atoms with van der Waals surface area (Å²) in [6.45, 7) is 3.81. The Labute approximate surface area is 138 Å². The first-order chi connectivity index (χ1) is 11.5. The van der Waals surface area contributed by atoms with Crippen LogP contribution in [0.25, 0.3) is 11.0 Å². The average molecular weight is 320 g/mol. The summed E-state index contributed by atoms with van der Waals surface area (Å²) >= 11 is 0. The largest absolute Gasteiger partial charge is 0.422 e. The van der Waals surface area contributed by atoms with E-state index < -0.39 is 11.2 Å². The van der Waals surface area contributed by atoms with Gasteiger partial charge in [-0.2, -0.15) is 0 Å². The topological polar surface area (TPSA) is 71.3 Å². The van der Waals surface area contributed by atoms with Crippen LogP contribution in [0.3, 0.4) is 0 Å². The van der Waals surface area contributed by atoms with E-state index in [0.717, 1.165) is 11.1 Å². The quantitative estimate of drug-likeness (QED) is 0.674. The zero-order chi connectivity index (χ0) is 16.9. The number of para-hydroxylation sites is 1. The van der Waals surface area contributed by atoms with Gasteiger partial charge in [-0.25, -0.2) is 9.59 Å². The highest BCUT2D eigenvalue weighted by molar-refractivity contribution is 6.04. The minimum atomic E-state index is -0.962. The molecule has 1 atom stereocenters. The number of carbonyl (C=O) groups is 1. The molecule has 2 amide bonds. The van der Waals surface area contributed by atoms with Crippen LogP contribution in [0.1, 0.15) is 23.6 Å². The van der Waals surface area contributed by atoms with Crippen molar-refractivity contribution < 1.29 is 9.21 Å². The van der Waals surface area contributed by atoms with Crippen molar-refractivity contribution >= 4 is 22.7 Å². The van der Waals surface area contributed by atoms with Gasteiger partial charge in [0.1, 0.15) is 5.58 Å². The summed E-state index contributed by atoms with van der Waals surface area (Å²) in [4.78, 5) is 25.0. The number of hydrogen-bond acceptors (Lipinski definition) is 3. The molecule has 0 saturated heterocycles. The van der Waals surface area contributed by atoms with Crippen LogP contribution >= 0.6 is 0 Å². The second-order valence-electron chi connectivity index (χ2n) is 6.21. The average Bonchev–Trinajstić information content (AvgIpc) is 2.54. The predicted octanol–water partition coefficient (Wildman–Crippen LogP) is 3.50. The maximum Gasteiger partial charge on any atom is 0.344 e. The van der Waals surface area contributed by atoms with Gasteiger partial charge in [0.2, 0.25) is 0 Å². The van der Waals surface area contributed by atoms with E-state index in [0.29, 0.717) is 22.2 Å². The molecule has 2 aromatic carbocycles. The third kappa shape index (κ3) is 2.01. The van der Waals surface area contributed by atoms with Gasteiger partial charge in [-0.3, -0.25) is 0 Å². The zero-order valence-corrected chi connectivity index (χ0v) is 13.3. The zero-order valence-electron chi connectivity index (χ0n) is 13.3. The number of nitrogens with one attached hydrogen (secondary N) is 2. The Kier molecular flexibility index (Phi) is 3.00. The van der Waals surface area contributed by atoms with E-state index in [1.807, 2.05) is 50.2 Å². The van der Waals surface area contributed by atoms with Gasteiger partial charge in [-0.05, 0) is 31.5 Å². The minimum absolute atomic E-state index is 0.346. The van der Waals surface area contributed by atoms with Gasteiger partial charge >= 0.3 is 11.7 Å². The van der Waals surface area contributed by atoms with Crippen LogP contribution in [0.2, 0.25) is 0 Å². The number of urea groups is 1. The lowest BCUT2D eigenvalue weighted by molar-refractivity contribution is 0.241. The molecule has 1 unspecified atom stereocenters. The number of rotatable bonds is 1. The van der Waals surface area contributed by atoms with Crippen molar-refractivity contribution in [3.8, 4) is 0 Å². The van der Waals surface area contributed by atoms with E-state index in [1.165, 1.54) is 0 Å². The molecule has 0 saturated carbocycles. The summed E-state index contributed by atoms with van der Waals surface area (Å²) in [6.07, 6.45) is 0. The number of benzene rings is 2. The molecule has 24 heavy (non-hydrogen) atoms. The van der Waals surface area contributed by atoms with Gasteiger partial charge < -0.3 is 15.1 Å². The first kappa shape index (κ1) is 14.5. The monoisotopic (exact) mass is 320 g/mol. The summed E-state index contributed by atoms with van der Waals surface area (Å²) in [5.74, 6) is 0. The number of aryl methyl sites for hydroxylation is 1. The Hall–Kier alpha value is -3.08. The van der Waals surface area contributed by atoms with Gasteiger partial charge in [0.15, 0.2) is 0 Å². The van der Waals surface area contributed by atoms with Gasteiger partial charge in [-0.1, -0.05) is 42.0 Å². The van der Waals surface area contributed by atoms with Crippen LogP contribution in [0, 0.1) is 6.92 Å². The lowest BCUT2D eigenvalue weighted by atomic mass is 9.82. The first-order valence-electron chi connectivity index (χ1n) is 7.72. The fourth-order valence-electron chi connectivity index (χ4n) is 3.27. The lowest BCUT2D eigenvalue weighted by Gasteiger charge is -2.36. The normalized spacial score (nSPS) is 19.5. The molecular formula is C19H16N2O3. The summed E-state index contributed by atoms with van der Waals surface area (Å²) in [6, 6.07) is 14.6. The van der Waals surface area contributed by atoms with Crippen LogP contribution in [-0.4, -0.2) is 6.03 Å². The molecule has 0 bridgehead atoms. The third-order valence-electron chi connectivity index (χ3n) is 4.54. The van der Waals surface area contributed by atoms with Crippen LogP contribution < -0.4 is 16.3 Å². The van der Waals surface area contributed by atoms with Crippen LogP contribution in [-0.2, 0) is 5.54 Å². The molecule has 3 aromatic rings. The summed E-state index contributed by atoms with van der Waals surface area (Å²) < 4.78 is 5.49. The minimum Gasteiger partial charge on any atom is -0.422 e. The fourth-order valence-corrected chi connectivity index (χ4v) is 3.27. The molecule has 0 radical (unpaired) electrons. The van der Waals surface area contributed by atoms with Gasteiger partial charge in [0.05, 0.1) is 16.8 Å². The van der Waals surface area contributed by atoms with Crippen molar-refractivity contribution in [1.82, 2.24) is 5.32 Å². The summed E-state index contributed by atoms with van der Waals surface area (Å²) in [7, 11) is 0. The fraction of sp³-hybridized carbons (Fsp3) is 0.158. The maximum absolute atomic E-state index is 12.7. The van der Waals surface area contributed by atoms with Crippen molar-refractivity contribution in [1.29, 1.82) is 0 Å². The molecule has 1 aliphatic rings. The van der Waals surface area contributed by atoms with Gasteiger partial charge in [-0.15, -0.1) is 0 Å². The number of carbonyl (C=O) groups excluding carboxylic acids is 1. The van der Waals surface area contributed by atoms with Gasteiger partial charge in [0, 0.05) is 5.39 Å². The SMILES string of the molecule is Cc1ccc(C2(C)NC(=O)Nc3c2c(=O)oc2ccccc32)cc1. The van der Waals surface area contributed by atoms with E-state index in [2.05, 4.69) is 10.6 Å². The number of amides is 2. The standard InChI is InChI=1S/C19H16N2O3/c1-11-7-9-12(10-8-11)19(2)15-16(20-18(23)21-19)13-5-3-4-6-14(13)24-17(15)22/h3-10H,1-2H3,(H2,20,21,23). The highest BCUT2D eigenvalue weighted by Crippen LogP contribution is 2.38. The van der Waals surface area contributed by atoms with Crippen LogP contribution in [0.5, 0.6) is 0 Å². The molecule has 2 heterocycles. The summed E-state index contributed by atoms with van der Waals surface area (Å²) in [5.41, 5.74) is 1.88. The van der Waals surface area contributed by atoms with Crippen LogP contribution in [0.4, 0.5) is 10.5 Å². The van der Waals surface area contributed by atoms with E-state index in [-0.39, 0.29) is 6.03 Å². The molecule has 2 N–H and O–H groups in total. The molecule has 120 valence electrons. The Morgan fingerprint density at radius 1 is 1.00 bits per heavy atom. The number of anilines is 1. The highest BCUT2D eigenvalue weighted by Gasteiger charge is 2.41. The third-order valence-corrected chi connectivity index (χ3v) is 4.54. The Morgan fingerprint density at radius 3 is 2.46 bits per heavy atom. The summed E-state index contributed by atoms with van der Waals surface area (Å²) in [5, 5.41) is 6.36. The Balaban J connectivity index is 2.07. The van der Waals surface area contributed by atoms with E-state index in [9.17, 15) is 9.59 Å². The van der Waals surface area contributed by atoms with Crippen molar-refractivity contribution in [2.75, 3.05) is 5.32 Å². The molecule has 0 spiro atoms. The van der Waals surface area contributed by atoms with E-state index in [1.54, 1.807) is 12.1 Å². The second kappa shape index (κ2) is 4.96. The van der Waals surface area contributed by atoms with Crippen molar-refractivity contribution in [3.63, 3.8) is 0 Å². The molecule has 0 fully saturated rings. The van der Waals surface area contributed by atoms with Gasteiger partial charge in [0.25, 0.3) is 0 Å². The number of hydrogen-bond donors (Lipinski definition) is 2. The Morgan fingerprint density at radius 2 is 1.71 bits per heavy atom. The molecule has 1 aromatic heterocycles. The van der Waals surface area contributed by atoms with Crippen LogP contribution in [0.15, 0.2) is 57.7 Å². The number of fused-ring (bicyclic) bond motifs is 3. The molecule has 0 aliphatic carbocycles. The maximum atomic E-state index is 12.7. The molecule has 5 heteroatoms. The molecule has 1 aliphatic heterocycles. The second-order valence-corrected chi connectivity index (χ2v) is 6.21. The molecular weight excluding hydrogens is 304 g/mol. The highest BCUT2D eigenvalue weighted by atomic mass is 16.4.